The maximum absolute atomic E-state index is 11.9. The summed E-state index contributed by atoms with van der Waals surface area (Å²) in [5, 5.41) is 12.0. The van der Waals surface area contributed by atoms with Crippen molar-refractivity contribution >= 4 is 17.5 Å². The van der Waals surface area contributed by atoms with E-state index in [4.69, 9.17) is 16.9 Å². The molecule has 3 nitrogen and oxygen atoms in total. The minimum absolute atomic E-state index is 0.271. The molecule has 1 aliphatic rings. The van der Waals surface area contributed by atoms with Crippen molar-refractivity contribution in [2.45, 2.75) is 25.3 Å². The van der Waals surface area contributed by atoms with Crippen molar-refractivity contribution in [1.82, 2.24) is 5.32 Å². The summed E-state index contributed by atoms with van der Waals surface area (Å²) >= 11 is 5.94. The number of carbonyl (C=O) groups is 1. The second kappa shape index (κ2) is 3.80. The average Bonchev–Trinajstić information content (AvgIpc) is 3.02. The Morgan fingerprint density at radius 1 is 1.56 bits per heavy atom. The number of aryl methyl sites for hydroxylation is 1. The molecule has 0 atom stereocenters. The fourth-order valence-corrected chi connectivity index (χ4v) is 1.69. The molecule has 0 bridgehead atoms. The molecule has 0 heterocycles. The van der Waals surface area contributed by atoms with E-state index >= 15 is 0 Å². The van der Waals surface area contributed by atoms with E-state index in [0.717, 1.165) is 18.4 Å². The molecular weight excluding hydrogens is 224 g/mol. The molecule has 0 radical (unpaired) electrons. The fourth-order valence-electron chi connectivity index (χ4n) is 1.49. The molecule has 1 fully saturated rings. The van der Waals surface area contributed by atoms with Crippen LogP contribution in [0, 0.1) is 18.3 Å². The minimum atomic E-state index is -0.649. The number of nitrogens with one attached hydrogen (secondary N) is 1. The van der Waals surface area contributed by atoms with Crippen LogP contribution in [0.5, 0.6) is 0 Å². The highest BCUT2D eigenvalue weighted by Crippen LogP contribution is 2.34. The van der Waals surface area contributed by atoms with Crippen LogP contribution < -0.4 is 5.32 Å². The van der Waals surface area contributed by atoms with Crippen molar-refractivity contribution in [1.29, 1.82) is 5.26 Å². The summed E-state index contributed by atoms with van der Waals surface area (Å²) < 4.78 is 0. The second-order valence-electron chi connectivity index (χ2n) is 4.13. The van der Waals surface area contributed by atoms with Crippen molar-refractivity contribution in [3.05, 3.63) is 34.3 Å². The summed E-state index contributed by atoms with van der Waals surface area (Å²) in [5.41, 5.74) is 0.754. The van der Waals surface area contributed by atoms with Crippen LogP contribution in [-0.4, -0.2) is 11.4 Å². The van der Waals surface area contributed by atoms with Gasteiger partial charge in [-0.1, -0.05) is 23.2 Å². The lowest BCUT2D eigenvalue weighted by Crippen LogP contribution is -2.35. The van der Waals surface area contributed by atoms with Crippen molar-refractivity contribution in [2.24, 2.45) is 0 Å². The largest absolute Gasteiger partial charge is 0.334 e. The molecule has 1 N–H and O–H groups in total. The third-order valence-corrected chi connectivity index (χ3v) is 3.01. The number of amides is 1. The van der Waals surface area contributed by atoms with E-state index < -0.39 is 5.54 Å². The lowest BCUT2D eigenvalue weighted by atomic mass is 10.1. The van der Waals surface area contributed by atoms with Crippen molar-refractivity contribution < 1.29 is 4.79 Å². The SMILES string of the molecule is Cc1ccc(Cl)c(C(=O)NC2(C#N)CC2)c1. The van der Waals surface area contributed by atoms with Gasteiger partial charge in [-0.25, -0.2) is 0 Å². The Labute approximate surface area is 99.0 Å². The molecule has 82 valence electrons. The molecule has 0 aliphatic heterocycles. The number of nitrogens with zero attached hydrogens (tertiary/aromatic N) is 1. The maximum Gasteiger partial charge on any atom is 0.254 e. The number of nitriles is 1. The van der Waals surface area contributed by atoms with Gasteiger partial charge in [-0.15, -0.1) is 0 Å². The molecule has 0 saturated heterocycles. The van der Waals surface area contributed by atoms with Crippen LogP contribution in [0.25, 0.3) is 0 Å². The number of carbonyl (C=O) groups excluding carboxylic acids is 1. The number of hydrogen-bond donors (Lipinski definition) is 1. The van der Waals surface area contributed by atoms with E-state index in [9.17, 15) is 4.79 Å². The van der Waals surface area contributed by atoms with Crippen LogP contribution in [0.15, 0.2) is 18.2 Å². The Kier molecular flexibility index (Phi) is 2.61. The first-order chi connectivity index (χ1) is 7.56. The molecule has 1 aromatic carbocycles. The number of halogens is 1. The highest BCUT2D eigenvalue weighted by molar-refractivity contribution is 6.33. The first-order valence-corrected chi connectivity index (χ1v) is 5.44. The van der Waals surface area contributed by atoms with Crippen molar-refractivity contribution in [3.63, 3.8) is 0 Å². The fraction of sp³-hybridized carbons (Fsp3) is 0.333. The Balaban J connectivity index is 2.22. The Hall–Kier alpha value is -1.53. The zero-order chi connectivity index (χ0) is 11.8. The zero-order valence-electron chi connectivity index (χ0n) is 8.88. The lowest BCUT2D eigenvalue weighted by Gasteiger charge is -2.10. The van der Waals surface area contributed by atoms with Crippen LogP contribution in [0.3, 0.4) is 0 Å². The molecule has 1 aromatic rings. The molecule has 0 spiro atoms. The Morgan fingerprint density at radius 3 is 2.81 bits per heavy atom. The first kappa shape index (κ1) is 11.0. The van der Waals surface area contributed by atoms with Crippen LogP contribution in [0.4, 0.5) is 0 Å². The Bertz CT molecular complexity index is 486. The molecule has 1 saturated carbocycles. The first-order valence-electron chi connectivity index (χ1n) is 5.06. The highest BCUT2D eigenvalue weighted by atomic mass is 35.5. The summed E-state index contributed by atoms with van der Waals surface area (Å²) in [7, 11) is 0. The molecule has 1 aliphatic carbocycles. The zero-order valence-corrected chi connectivity index (χ0v) is 9.64. The van der Waals surface area contributed by atoms with Gasteiger partial charge in [0.15, 0.2) is 0 Å². The van der Waals surface area contributed by atoms with Crippen LogP contribution in [0.1, 0.15) is 28.8 Å². The molecular formula is C12H11ClN2O. The van der Waals surface area contributed by atoms with Crippen LogP contribution >= 0.6 is 11.6 Å². The smallest absolute Gasteiger partial charge is 0.254 e. The summed E-state index contributed by atoms with van der Waals surface area (Å²) in [5.74, 6) is -0.271. The molecule has 4 heteroatoms. The molecule has 0 unspecified atom stereocenters. The molecule has 2 rings (SSSR count). The van der Waals surface area contributed by atoms with Gasteiger partial charge in [-0.3, -0.25) is 4.79 Å². The van der Waals surface area contributed by atoms with Gasteiger partial charge >= 0.3 is 0 Å². The van der Waals surface area contributed by atoms with E-state index in [1.54, 1.807) is 12.1 Å². The van der Waals surface area contributed by atoms with E-state index in [0.29, 0.717) is 10.6 Å². The quantitative estimate of drug-likeness (QED) is 0.855. The standard InChI is InChI=1S/C12H11ClN2O/c1-8-2-3-10(13)9(6-8)11(16)15-12(7-14)4-5-12/h2-3,6H,4-5H2,1H3,(H,15,16). The third kappa shape index (κ3) is 2.02. The average molecular weight is 235 g/mol. The number of rotatable bonds is 2. The monoisotopic (exact) mass is 234 g/mol. The van der Waals surface area contributed by atoms with Gasteiger partial charge in [0.1, 0.15) is 5.54 Å². The van der Waals surface area contributed by atoms with Crippen LogP contribution in [0.2, 0.25) is 5.02 Å². The van der Waals surface area contributed by atoms with Gasteiger partial charge in [-0.05, 0) is 31.9 Å². The van der Waals surface area contributed by atoms with Gasteiger partial charge in [-0.2, -0.15) is 5.26 Å². The summed E-state index contributed by atoms with van der Waals surface area (Å²) in [6, 6.07) is 7.38. The summed E-state index contributed by atoms with van der Waals surface area (Å²) in [6.45, 7) is 1.89. The maximum atomic E-state index is 11.9. The summed E-state index contributed by atoms with van der Waals surface area (Å²) in [6.07, 6.45) is 1.44. The van der Waals surface area contributed by atoms with E-state index in [-0.39, 0.29) is 5.91 Å². The predicted molar refractivity (Wildman–Crippen MR) is 61.2 cm³/mol. The number of hydrogen-bond acceptors (Lipinski definition) is 2. The summed E-state index contributed by atoms with van der Waals surface area (Å²) in [4.78, 5) is 11.9. The lowest BCUT2D eigenvalue weighted by molar-refractivity contribution is 0.0941. The van der Waals surface area contributed by atoms with Gasteiger partial charge in [0.05, 0.1) is 16.7 Å². The van der Waals surface area contributed by atoms with Gasteiger partial charge in [0.25, 0.3) is 5.91 Å². The predicted octanol–water partition coefficient (Wildman–Crippen LogP) is 2.43. The topological polar surface area (TPSA) is 52.9 Å². The van der Waals surface area contributed by atoms with E-state index in [2.05, 4.69) is 11.4 Å². The van der Waals surface area contributed by atoms with Crippen molar-refractivity contribution in [2.75, 3.05) is 0 Å². The number of benzene rings is 1. The van der Waals surface area contributed by atoms with Crippen LogP contribution in [-0.2, 0) is 0 Å². The highest BCUT2D eigenvalue weighted by Gasteiger charge is 2.44. The van der Waals surface area contributed by atoms with Crippen molar-refractivity contribution in [3.8, 4) is 6.07 Å². The Morgan fingerprint density at radius 2 is 2.25 bits per heavy atom. The third-order valence-electron chi connectivity index (χ3n) is 2.68. The molecule has 1 amide bonds. The minimum Gasteiger partial charge on any atom is -0.334 e. The van der Waals surface area contributed by atoms with E-state index in [1.807, 2.05) is 13.0 Å². The molecule has 16 heavy (non-hydrogen) atoms. The van der Waals surface area contributed by atoms with Gasteiger partial charge in [0.2, 0.25) is 0 Å². The molecule has 0 aromatic heterocycles. The van der Waals surface area contributed by atoms with E-state index in [1.165, 1.54) is 0 Å². The van der Waals surface area contributed by atoms with Gasteiger partial charge in [0, 0.05) is 0 Å². The second-order valence-corrected chi connectivity index (χ2v) is 4.54. The normalized spacial score (nSPS) is 16.3. The van der Waals surface area contributed by atoms with Gasteiger partial charge < -0.3 is 5.32 Å².